The number of amides is 1. The van der Waals surface area contributed by atoms with E-state index in [0.29, 0.717) is 18.8 Å². The van der Waals surface area contributed by atoms with E-state index in [4.69, 9.17) is 4.74 Å². The third kappa shape index (κ3) is 4.56. The minimum atomic E-state index is -3.84. The highest BCUT2D eigenvalue weighted by Gasteiger charge is 2.26. The van der Waals surface area contributed by atoms with Gasteiger partial charge >= 0.3 is 0 Å². The van der Waals surface area contributed by atoms with E-state index in [2.05, 4.69) is 5.32 Å². The quantitative estimate of drug-likeness (QED) is 0.736. The van der Waals surface area contributed by atoms with Gasteiger partial charge in [-0.3, -0.25) is 9.10 Å². The molecule has 0 aliphatic rings. The number of carbonyl (C=O) groups is 1. The zero-order valence-corrected chi connectivity index (χ0v) is 14.2. The molecule has 0 aliphatic carbocycles. The lowest BCUT2D eigenvalue weighted by Gasteiger charge is -2.24. The van der Waals surface area contributed by atoms with Crippen LogP contribution in [-0.2, 0) is 19.6 Å². The van der Waals surface area contributed by atoms with Crippen LogP contribution in [-0.4, -0.2) is 41.1 Å². The maximum absolute atomic E-state index is 12.9. The topological polar surface area (TPSA) is 75.7 Å². The van der Waals surface area contributed by atoms with Gasteiger partial charge in [-0.25, -0.2) is 8.42 Å². The summed E-state index contributed by atoms with van der Waals surface area (Å²) >= 11 is 0. The first-order valence-electron chi connectivity index (χ1n) is 7.44. The Labute approximate surface area is 142 Å². The molecule has 0 bridgehead atoms. The van der Waals surface area contributed by atoms with E-state index < -0.39 is 15.9 Å². The Morgan fingerprint density at radius 3 is 2.21 bits per heavy atom. The molecule has 2 aromatic rings. The van der Waals surface area contributed by atoms with Gasteiger partial charge in [-0.2, -0.15) is 0 Å². The highest BCUT2D eigenvalue weighted by Crippen LogP contribution is 2.22. The highest BCUT2D eigenvalue weighted by molar-refractivity contribution is 7.92. The van der Waals surface area contributed by atoms with Crippen LogP contribution >= 0.6 is 0 Å². The van der Waals surface area contributed by atoms with Gasteiger partial charge in [-0.1, -0.05) is 36.4 Å². The number of anilines is 1. The van der Waals surface area contributed by atoms with Crippen molar-refractivity contribution in [1.29, 1.82) is 0 Å². The monoisotopic (exact) mass is 348 g/mol. The number of nitrogens with zero attached hydrogens (tertiary/aromatic N) is 1. The van der Waals surface area contributed by atoms with Crippen molar-refractivity contribution in [3.8, 4) is 0 Å². The molecule has 0 saturated carbocycles. The van der Waals surface area contributed by atoms with Gasteiger partial charge in [-0.05, 0) is 24.3 Å². The summed E-state index contributed by atoms with van der Waals surface area (Å²) in [5.74, 6) is -0.393. The first kappa shape index (κ1) is 18.0. The van der Waals surface area contributed by atoms with Crippen LogP contribution in [0.3, 0.4) is 0 Å². The average Bonchev–Trinajstić information content (AvgIpc) is 2.61. The summed E-state index contributed by atoms with van der Waals surface area (Å²) in [4.78, 5) is 12.2. The number of ether oxygens (including phenoxy) is 1. The van der Waals surface area contributed by atoms with E-state index in [1.807, 2.05) is 0 Å². The minimum absolute atomic E-state index is 0.138. The molecule has 0 unspecified atom stereocenters. The third-order valence-corrected chi connectivity index (χ3v) is 5.08. The molecule has 2 aromatic carbocycles. The van der Waals surface area contributed by atoms with Crippen LogP contribution in [0.25, 0.3) is 0 Å². The van der Waals surface area contributed by atoms with Crippen LogP contribution in [0.2, 0.25) is 0 Å². The number of methoxy groups -OCH3 is 1. The Hall–Kier alpha value is -2.38. The first-order chi connectivity index (χ1) is 11.6. The SMILES string of the molecule is COCCNC(=O)CN(c1ccccc1)S(=O)(=O)c1ccccc1. The summed E-state index contributed by atoms with van der Waals surface area (Å²) in [7, 11) is -2.31. The van der Waals surface area contributed by atoms with Gasteiger partial charge in [-0.15, -0.1) is 0 Å². The molecule has 1 amide bonds. The molecule has 0 aromatic heterocycles. The summed E-state index contributed by atoms with van der Waals surface area (Å²) in [5.41, 5.74) is 0.434. The molecular weight excluding hydrogens is 328 g/mol. The summed E-state index contributed by atoms with van der Waals surface area (Å²) < 4.78 is 31.8. The van der Waals surface area contributed by atoms with Gasteiger partial charge in [0.05, 0.1) is 17.2 Å². The third-order valence-electron chi connectivity index (χ3n) is 3.29. The normalized spacial score (nSPS) is 11.0. The van der Waals surface area contributed by atoms with Gasteiger partial charge < -0.3 is 10.1 Å². The van der Waals surface area contributed by atoms with Crippen molar-refractivity contribution in [3.05, 3.63) is 60.7 Å². The molecule has 0 saturated heterocycles. The van der Waals surface area contributed by atoms with E-state index in [1.165, 1.54) is 19.2 Å². The largest absolute Gasteiger partial charge is 0.383 e. The molecule has 24 heavy (non-hydrogen) atoms. The smallest absolute Gasteiger partial charge is 0.264 e. The molecule has 128 valence electrons. The summed E-state index contributed by atoms with van der Waals surface area (Å²) in [6, 6.07) is 16.6. The number of benzene rings is 2. The van der Waals surface area contributed by atoms with E-state index in [1.54, 1.807) is 48.5 Å². The molecule has 0 spiro atoms. The molecular formula is C17H20N2O4S. The van der Waals surface area contributed by atoms with Crippen LogP contribution in [0, 0.1) is 0 Å². The summed E-state index contributed by atoms with van der Waals surface area (Å²) in [5, 5.41) is 2.64. The fourth-order valence-corrected chi connectivity index (χ4v) is 3.55. The van der Waals surface area contributed by atoms with Crippen molar-refractivity contribution >= 4 is 21.6 Å². The Balaban J connectivity index is 2.29. The van der Waals surface area contributed by atoms with Crippen molar-refractivity contribution < 1.29 is 17.9 Å². The van der Waals surface area contributed by atoms with Crippen molar-refractivity contribution in [2.45, 2.75) is 4.90 Å². The highest BCUT2D eigenvalue weighted by atomic mass is 32.2. The summed E-state index contributed by atoms with van der Waals surface area (Å²) in [6.45, 7) is 0.386. The minimum Gasteiger partial charge on any atom is -0.383 e. The van der Waals surface area contributed by atoms with E-state index in [9.17, 15) is 13.2 Å². The number of sulfonamides is 1. The Morgan fingerprint density at radius 1 is 1.04 bits per heavy atom. The van der Waals surface area contributed by atoms with Gasteiger partial charge in [0.25, 0.3) is 10.0 Å². The van der Waals surface area contributed by atoms with Gasteiger partial charge in [0.2, 0.25) is 5.91 Å². The molecule has 6 nitrogen and oxygen atoms in total. The van der Waals surface area contributed by atoms with E-state index >= 15 is 0 Å². The molecule has 1 N–H and O–H groups in total. The average molecular weight is 348 g/mol. The Morgan fingerprint density at radius 2 is 1.62 bits per heavy atom. The molecule has 0 fully saturated rings. The second-order valence-electron chi connectivity index (χ2n) is 5.00. The van der Waals surface area contributed by atoms with Gasteiger partial charge in [0.1, 0.15) is 6.54 Å². The lowest BCUT2D eigenvalue weighted by Crippen LogP contribution is -2.41. The molecule has 7 heteroatoms. The molecule has 0 radical (unpaired) electrons. The molecule has 2 rings (SSSR count). The fraction of sp³-hybridized carbons (Fsp3) is 0.235. The second-order valence-corrected chi connectivity index (χ2v) is 6.87. The molecule has 0 heterocycles. The number of carbonyl (C=O) groups excluding carboxylic acids is 1. The van der Waals surface area contributed by atoms with Crippen LogP contribution in [0.4, 0.5) is 5.69 Å². The standard InChI is InChI=1S/C17H20N2O4S/c1-23-13-12-18-17(20)14-19(15-8-4-2-5-9-15)24(21,22)16-10-6-3-7-11-16/h2-11H,12-14H2,1H3,(H,18,20). The van der Waals surface area contributed by atoms with Gasteiger partial charge in [0.15, 0.2) is 0 Å². The molecule has 0 atom stereocenters. The zero-order valence-electron chi connectivity index (χ0n) is 13.4. The number of nitrogens with one attached hydrogen (secondary N) is 1. The van der Waals surface area contributed by atoms with Crippen molar-refractivity contribution in [2.24, 2.45) is 0 Å². The first-order valence-corrected chi connectivity index (χ1v) is 8.88. The Kier molecular flexibility index (Phi) is 6.34. The van der Waals surface area contributed by atoms with Crippen molar-refractivity contribution in [2.75, 3.05) is 31.1 Å². The maximum Gasteiger partial charge on any atom is 0.264 e. The lowest BCUT2D eigenvalue weighted by molar-refractivity contribution is -0.119. The number of hydrogen-bond acceptors (Lipinski definition) is 4. The number of para-hydroxylation sites is 1. The van der Waals surface area contributed by atoms with Crippen molar-refractivity contribution in [1.82, 2.24) is 5.32 Å². The van der Waals surface area contributed by atoms with E-state index in [-0.39, 0.29) is 11.4 Å². The summed E-state index contributed by atoms with van der Waals surface area (Å²) in [6.07, 6.45) is 0. The van der Waals surface area contributed by atoms with Crippen LogP contribution in [0.1, 0.15) is 0 Å². The van der Waals surface area contributed by atoms with Crippen molar-refractivity contribution in [3.63, 3.8) is 0 Å². The number of hydrogen-bond donors (Lipinski definition) is 1. The van der Waals surface area contributed by atoms with Gasteiger partial charge in [0, 0.05) is 13.7 Å². The predicted molar refractivity (Wildman–Crippen MR) is 92.3 cm³/mol. The lowest BCUT2D eigenvalue weighted by atomic mass is 10.3. The predicted octanol–water partition coefficient (Wildman–Crippen LogP) is 1.64. The maximum atomic E-state index is 12.9. The van der Waals surface area contributed by atoms with Crippen LogP contribution in [0.5, 0.6) is 0 Å². The second kappa shape index (κ2) is 8.47. The molecule has 0 aliphatic heterocycles. The van der Waals surface area contributed by atoms with Crippen LogP contribution < -0.4 is 9.62 Å². The van der Waals surface area contributed by atoms with E-state index in [0.717, 1.165) is 4.31 Å². The van der Waals surface area contributed by atoms with Crippen LogP contribution in [0.15, 0.2) is 65.6 Å². The Bertz CT molecular complexity index is 749. The zero-order chi connectivity index (χ0) is 17.4. The number of rotatable bonds is 8. The fourth-order valence-electron chi connectivity index (χ4n) is 2.11.